The maximum Gasteiger partial charge on any atom is 0.280 e. The van der Waals surface area contributed by atoms with Crippen molar-refractivity contribution in [2.45, 2.75) is 11.9 Å². The molecule has 1 aromatic carbocycles. The van der Waals surface area contributed by atoms with E-state index >= 15 is 0 Å². The number of nitrogens with two attached hydrogens (primary N) is 1. The molecule has 10 heteroatoms. The van der Waals surface area contributed by atoms with Crippen molar-refractivity contribution in [3.63, 3.8) is 0 Å². The Morgan fingerprint density at radius 1 is 1.22 bits per heavy atom. The molecule has 9 nitrogen and oxygen atoms in total. The first-order valence-corrected chi connectivity index (χ1v) is 9.61. The van der Waals surface area contributed by atoms with Crippen molar-refractivity contribution in [3.05, 3.63) is 59.4 Å². The lowest BCUT2D eigenvalue weighted by atomic mass is 10.2. The summed E-state index contributed by atoms with van der Waals surface area (Å²) in [5.41, 5.74) is 7.93. The average molecular weight is 386 g/mol. The molecule has 4 rings (SSSR count). The van der Waals surface area contributed by atoms with Gasteiger partial charge in [0.2, 0.25) is 5.55 Å². The quantitative estimate of drug-likeness (QED) is 0.663. The van der Waals surface area contributed by atoms with E-state index in [0.29, 0.717) is 29.6 Å². The van der Waals surface area contributed by atoms with Crippen molar-refractivity contribution in [1.82, 2.24) is 9.55 Å². The van der Waals surface area contributed by atoms with Gasteiger partial charge in [0, 0.05) is 24.6 Å². The first-order chi connectivity index (χ1) is 12.8. The van der Waals surface area contributed by atoms with Gasteiger partial charge in [-0.3, -0.25) is 4.72 Å². The molecule has 1 aliphatic heterocycles. The van der Waals surface area contributed by atoms with Crippen LogP contribution in [0.1, 0.15) is 5.82 Å². The van der Waals surface area contributed by atoms with Crippen LogP contribution < -0.4 is 26.1 Å². The van der Waals surface area contributed by atoms with E-state index < -0.39 is 10.0 Å². The minimum atomic E-state index is -3.75. The molecular formula is C17H18N6O3S. The number of fused-ring (bicyclic) bond motifs is 1. The predicted molar refractivity (Wildman–Crippen MR) is 99.6 cm³/mol. The third kappa shape index (κ3) is 3.04. The lowest BCUT2D eigenvalue weighted by molar-refractivity contribution is 0.500. The molecule has 3 N–H and O–H groups in total. The summed E-state index contributed by atoms with van der Waals surface area (Å²) in [7, 11) is -2.01. The van der Waals surface area contributed by atoms with Crippen LogP contribution in [0.15, 0.2) is 57.2 Å². The fourth-order valence-corrected chi connectivity index (χ4v) is 3.87. The van der Waals surface area contributed by atoms with Crippen LogP contribution in [-0.4, -0.2) is 24.6 Å². The molecule has 0 bridgehead atoms. The zero-order valence-corrected chi connectivity index (χ0v) is 15.6. The van der Waals surface area contributed by atoms with Crippen LogP contribution in [0.25, 0.3) is 5.82 Å². The number of hydrogen-bond acceptors (Lipinski definition) is 7. The second-order valence-corrected chi connectivity index (χ2v) is 7.77. The molecule has 27 heavy (non-hydrogen) atoms. The zero-order chi connectivity index (χ0) is 19.2. The Morgan fingerprint density at radius 2 is 1.96 bits per heavy atom. The van der Waals surface area contributed by atoms with E-state index in [-0.39, 0.29) is 5.03 Å². The molecule has 0 spiro atoms. The molecule has 2 aromatic heterocycles. The number of furan rings is 1. The normalized spacial score (nSPS) is 14.0. The second-order valence-electron chi connectivity index (χ2n) is 6.14. The van der Waals surface area contributed by atoms with Gasteiger partial charge < -0.3 is 19.6 Å². The number of rotatable bonds is 4. The molecule has 0 fully saturated rings. The summed E-state index contributed by atoms with van der Waals surface area (Å²) in [5, 5.41) is 0.711. The maximum atomic E-state index is 12.5. The molecular weight excluding hydrogens is 368 g/mol. The monoisotopic (exact) mass is 386 g/mol. The van der Waals surface area contributed by atoms with Crippen molar-refractivity contribution in [2.75, 3.05) is 16.3 Å². The van der Waals surface area contributed by atoms with Crippen molar-refractivity contribution in [1.29, 1.82) is 0 Å². The summed E-state index contributed by atoms with van der Waals surface area (Å²) in [4.78, 5) is 10.2. The molecule has 0 saturated heterocycles. The van der Waals surface area contributed by atoms with Gasteiger partial charge in [-0.2, -0.15) is 8.42 Å². The van der Waals surface area contributed by atoms with Gasteiger partial charge >= 0.3 is 0 Å². The van der Waals surface area contributed by atoms with Crippen molar-refractivity contribution in [3.8, 4) is 0 Å². The Balaban J connectivity index is 1.58. The predicted octanol–water partition coefficient (Wildman–Crippen LogP) is 0.244. The van der Waals surface area contributed by atoms with Crippen LogP contribution in [0.2, 0.25) is 0 Å². The number of hydrogen-bond donors (Lipinski definition) is 2. The molecule has 140 valence electrons. The molecule has 1 aliphatic rings. The average Bonchev–Trinajstić information content (AvgIpc) is 3.24. The van der Waals surface area contributed by atoms with Gasteiger partial charge in [0.15, 0.2) is 5.03 Å². The van der Waals surface area contributed by atoms with Gasteiger partial charge in [-0.25, -0.2) is 9.98 Å². The Hall–Kier alpha value is -3.27. The minimum Gasteiger partial charge on any atom is -0.446 e. The summed E-state index contributed by atoms with van der Waals surface area (Å²) in [6.45, 7) is 2.06. The van der Waals surface area contributed by atoms with E-state index in [1.165, 1.54) is 6.20 Å². The molecule has 3 aromatic rings. The van der Waals surface area contributed by atoms with Crippen molar-refractivity contribution in [2.24, 2.45) is 17.8 Å². The van der Waals surface area contributed by atoms with Gasteiger partial charge in [-0.05, 0) is 37.3 Å². The number of aromatic nitrogens is 2. The number of aryl methyl sites for hydroxylation is 2. The summed E-state index contributed by atoms with van der Waals surface area (Å²) in [5.74, 6) is 1.15. The smallest absolute Gasteiger partial charge is 0.280 e. The Bertz CT molecular complexity index is 1200. The Morgan fingerprint density at radius 3 is 2.63 bits per heavy atom. The number of nitrogens with one attached hydrogen (secondary N) is 1. The zero-order valence-electron chi connectivity index (χ0n) is 14.7. The molecule has 0 aliphatic carbocycles. The summed E-state index contributed by atoms with van der Waals surface area (Å²) < 4.78 is 34.4. The fourth-order valence-electron chi connectivity index (χ4n) is 2.77. The van der Waals surface area contributed by atoms with E-state index in [9.17, 15) is 8.42 Å². The molecule has 0 radical (unpaired) electrons. The Labute approximate surface area is 155 Å². The molecule has 0 unspecified atom stereocenters. The van der Waals surface area contributed by atoms with E-state index in [4.69, 9.17) is 10.2 Å². The number of imidazole rings is 1. The molecule has 0 saturated carbocycles. The first kappa shape index (κ1) is 17.2. The third-order valence-electron chi connectivity index (χ3n) is 4.36. The number of sulfonamides is 1. The SMILES string of the molecule is Cc1nc(S(=O)(=O)Nc2ccc(N3CN=c4occc4=C3N)cc2)cn1C. The topological polar surface area (TPSA) is 119 Å². The standard InChI is InChI=1S/C17H18N6O3S/c1-11-20-15(9-22(11)2)27(24,25)21-12-3-5-13(6-4-12)23-10-19-17-14(16(23)18)7-8-26-17/h3-9,21H,10,18H2,1-2H3. The molecule has 0 atom stereocenters. The van der Waals surface area contributed by atoms with Crippen LogP contribution in [0, 0.1) is 6.92 Å². The second kappa shape index (κ2) is 6.16. The number of anilines is 2. The van der Waals surface area contributed by atoms with Crippen molar-refractivity contribution >= 4 is 27.2 Å². The highest BCUT2D eigenvalue weighted by molar-refractivity contribution is 7.92. The highest BCUT2D eigenvalue weighted by Crippen LogP contribution is 2.22. The van der Waals surface area contributed by atoms with Crippen LogP contribution in [0.3, 0.4) is 0 Å². The van der Waals surface area contributed by atoms with E-state index in [2.05, 4.69) is 14.7 Å². The fraction of sp³-hybridized carbons (Fsp3) is 0.176. The van der Waals surface area contributed by atoms with E-state index in [1.54, 1.807) is 55.1 Å². The molecule has 3 heterocycles. The van der Waals surface area contributed by atoms with E-state index in [1.807, 2.05) is 4.90 Å². The summed E-state index contributed by atoms with van der Waals surface area (Å²) >= 11 is 0. The highest BCUT2D eigenvalue weighted by atomic mass is 32.2. The lowest BCUT2D eigenvalue weighted by Gasteiger charge is -2.24. The Kier molecular flexibility index (Phi) is 3.92. The van der Waals surface area contributed by atoms with Crippen LogP contribution >= 0.6 is 0 Å². The summed E-state index contributed by atoms with van der Waals surface area (Å²) in [6, 6.07) is 8.64. The van der Waals surface area contributed by atoms with Crippen molar-refractivity contribution < 1.29 is 12.8 Å². The summed E-state index contributed by atoms with van der Waals surface area (Å²) in [6.07, 6.45) is 3.02. The largest absolute Gasteiger partial charge is 0.446 e. The highest BCUT2D eigenvalue weighted by Gasteiger charge is 2.19. The van der Waals surface area contributed by atoms with Gasteiger partial charge in [-0.1, -0.05) is 0 Å². The van der Waals surface area contributed by atoms with E-state index in [0.717, 1.165) is 10.9 Å². The van der Waals surface area contributed by atoms with Crippen LogP contribution in [-0.2, 0) is 17.1 Å². The third-order valence-corrected chi connectivity index (χ3v) is 5.61. The number of benzene rings is 1. The first-order valence-electron chi connectivity index (χ1n) is 8.13. The van der Waals surface area contributed by atoms with Crippen LogP contribution in [0.5, 0.6) is 0 Å². The van der Waals surface area contributed by atoms with Gasteiger partial charge in [-0.15, -0.1) is 0 Å². The lowest BCUT2D eigenvalue weighted by Crippen LogP contribution is -2.42. The number of nitrogens with zero attached hydrogens (tertiary/aromatic N) is 4. The minimum absolute atomic E-state index is 0.0218. The molecule has 0 amide bonds. The van der Waals surface area contributed by atoms with Gasteiger partial charge in [0.25, 0.3) is 10.0 Å². The maximum absolute atomic E-state index is 12.5. The van der Waals surface area contributed by atoms with Crippen LogP contribution in [0.4, 0.5) is 11.4 Å². The van der Waals surface area contributed by atoms with Gasteiger partial charge in [0.1, 0.15) is 18.3 Å². The van der Waals surface area contributed by atoms with Gasteiger partial charge in [0.05, 0.1) is 11.5 Å².